The van der Waals surface area contributed by atoms with E-state index in [4.69, 9.17) is 0 Å². The molecule has 1 aliphatic rings. The summed E-state index contributed by atoms with van der Waals surface area (Å²) in [5.74, 6) is 1.73. The topological polar surface area (TPSA) is 94.3 Å². The van der Waals surface area contributed by atoms with Crippen LogP contribution in [0.25, 0.3) is 22.5 Å². The number of aromatic amines is 1. The second kappa shape index (κ2) is 10.6. The predicted octanol–water partition coefficient (Wildman–Crippen LogP) is 5.28. The van der Waals surface area contributed by atoms with Gasteiger partial charge in [0.25, 0.3) is 0 Å². The predicted molar refractivity (Wildman–Crippen MR) is 140 cm³/mol. The van der Waals surface area contributed by atoms with Gasteiger partial charge in [0.05, 0.1) is 6.54 Å². The molecule has 188 valence electrons. The third kappa shape index (κ3) is 4.64. The zero-order valence-electron chi connectivity index (χ0n) is 21.4. The van der Waals surface area contributed by atoms with Gasteiger partial charge in [-0.1, -0.05) is 57.9 Å². The van der Waals surface area contributed by atoms with Gasteiger partial charge in [-0.2, -0.15) is 0 Å². The molecule has 8 nitrogen and oxygen atoms in total. The summed E-state index contributed by atoms with van der Waals surface area (Å²) in [6, 6.07) is 10.3. The van der Waals surface area contributed by atoms with E-state index in [2.05, 4.69) is 58.6 Å². The van der Waals surface area contributed by atoms with Gasteiger partial charge >= 0.3 is 5.69 Å². The van der Waals surface area contributed by atoms with Crippen LogP contribution in [0.1, 0.15) is 70.2 Å². The van der Waals surface area contributed by atoms with Gasteiger partial charge in [-0.05, 0) is 70.7 Å². The number of nitrogens with zero attached hydrogens (tertiary/aromatic N) is 6. The van der Waals surface area contributed by atoms with Crippen molar-refractivity contribution in [2.45, 2.75) is 71.9 Å². The van der Waals surface area contributed by atoms with Gasteiger partial charge < -0.3 is 0 Å². The van der Waals surface area contributed by atoms with Crippen molar-refractivity contribution in [2.75, 3.05) is 0 Å². The molecule has 1 N–H and O–H groups in total. The van der Waals surface area contributed by atoms with E-state index in [-0.39, 0.29) is 11.7 Å². The average Bonchev–Trinajstić information content (AvgIpc) is 3.65. The maximum Gasteiger partial charge on any atom is 0.328 e. The zero-order chi connectivity index (χ0) is 25.1. The quantitative estimate of drug-likeness (QED) is 0.348. The third-order valence-electron chi connectivity index (χ3n) is 7.67. The van der Waals surface area contributed by atoms with E-state index in [1.807, 2.05) is 39.6 Å². The van der Waals surface area contributed by atoms with Crippen molar-refractivity contribution < 1.29 is 0 Å². The molecule has 4 aromatic rings. The number of tetrazole rings is 1. The molecule has 0 amide bonds. The second-order valence-electron chi connectivity index (χ2n) is 10.2. The highest BCUT2D eigenvalue weighted by Gasteiger charge is 2.33. The lowest BCUT2D eigenvalue weighted by Crippen LogP contribution is -2.31. The number of hydrogen-bond acceptors (Lipinski definition) is 5. The van der Waals surface area contributed by atoms with E-state index in [1.165, 1.54) is 12.8 Å². The second-order valence-corrected chi connectivity index (χ2v) is 10.2. The monoisotopic (exact) mass is 485 g/mol. The standard InChI is InChI=1S/C28H35N7O/c1-4-5-9-21-18-35(26-13-8-12-22(26)19(2)3)28(36)34(21)17-20-16-29-15-14-23(20)24-10-6-7-11-25(24)27-30-32-33-31-27/h6-7,10-11,14-16,18-19,22,26H,4-5,8-9,12-13,17H2,1-3H3,(H,30,31,32,33). The number of unbranched alkanes of at least 4 members (excludes halogenated alkanes) is 1. The van der Waals surface area contributed by atoms with Gasteiger partial charge in [0.15, 0.2) is 5.82 Å². The van der Waals surface area contributed by atoms with Gasteiger partial charge in [0, 0.05) is 35.9 Å². The number of aryl methyl sites for hydroxylation is 1. The maximum atomic E-state index is 13.9. The van der Waals surface area contributed by atoms with Gasteiger partial charge in [0.1, 0.15) is 0 Å². The Morgan fingerprint density at radius 2 is 1.94 bits per heavy atom. The van der Waals surface area contributed by atoms with Crippen LogP contribution in [0, 0.1) is 11.8 Å². The van der Waals surface area contributed by atoms with E-state index < -0.39 is 0 Å². The van der Waals surface area contributed by atoms with Crippen molar-refractivity contribution in [2.24, 2.45) is 11.8 Å². The maximum absolute atomic E-state index is 13.9. The van der Waals surface area contributed by atoms with Crippen LogP contribution in [0.4, 0.5) is 0 Å². The van der Waals surface area contributed by atoms with Gasteiger partial charge in [-0.25, -0.2) is 9.89 Å². The van der Waals surface area contributed by atoms with Crippen LogP contribution in [0.3, 0.4) is 0 Å². The molecular formula is C28H35N7O. The molecule has 2 atom stereocenters. The Labute approximate surface area is 211 Å². The van der Waals surface area contributed by atoms with Crippen LogP contribution in [0.15, 0.2) is 53.7 Å². The van der Waals surface area contributed by atoms with E-state index in [9.17, 15) is 4.79 Å². The van der Waals surface area contributed by atoms with Gasteiger partial charge in [-0.15, -0.1) is 5.10 Å². The molecule has 1 aromatic carbocycles. The minimum atomic E-state index is 0.0983. The number of pyridine rings is 1. The lowest BCUT2D eigenvalue weighted by atomic mass is 9.91. The molecule has 1 saturated carbocycles. The summed E-state index contributed by atoms with van der Waals surface area (Å²) < 4.78 is 4.03. The van der Waals surface area contributed by atoms with Crippen LogP contribution >= 0.6 is 0 Å². The van der Waals surface area contributed by atoms with Gasteiger partial charge in [-0.3, -0.25) is 14.1 Å². The molecule has 8 heteroatoms. The molecule has 0 saturated heterocycles. The molecular weight excluding hydrogens is 450 g/mol. The minimum Gasteiger partial charge on any atom is -0.296 e. The minimum absolute atomic E-state index is 0.0983. The van der Waals surface area contributed by atoms with Gasteiger partial charge in [0.2, 0.25) is 0 Å². The average molecular weight is 486 g/mol. The van der Waals surface area contributed by atoms with Crippen LogP contribution in [-0.2, 0) is 13.0 Å². The third-order valence-corrected chi connectivity index (χ3v) is 7.67. The molecule has 1 fully saturated rings. The molecule has 0 aliphatic heterocycles. The van der Waals surface area contributed by atoms with Crippen LogP contribution in [0.5, 0.6) is 0 Å². The zero-order valence-corrected chi connectivity index (χ0v) is 21.4. The molecule has 1 aliphatic carbocycles. The largest absolute Gasteiger partial charge is 0.328 e. The Balaban J connectivity index is 1.57. The number of imidazole rings is 1. The van der Waals surface area contributed by atoms with Crippen LogP contribution in [-0.4, -0.2) is 34.7 Å². The summed E-state index contributed by atoms with van der Waals surface area (Å²) in [5, 5.41) is 14.5. The Hall–Kier alpha value is -3.55. The van der Waals surface area contributed by atoms with Crippen molar-refractivity contribution >= 4 is 0 Å². The summed E-state index contributed by atoms with van der Waals surface area (Å²) in [6.07, 6.45) is 12.3. The lowest BCUT2D eigenvalue weighted by molar-refractivity contribution is 0.288. The highest BCUT2D eigenvalue weighted by Crippen LogP contribution is 2.40. The molecule has 3 heterocycles. The summed E-state index contributed by atoms with van der Waals surface area (Å²) >= 11 is 0. The van der Waals surface area contributed by atoms with Crippen molar-refractivity contribution in [1.82, 2.24) is 34.7 Å². The summed E-state index contributed by atoms with van der Waals surface area (Å²) in [4.78, 5) is 18.3. The number of aromatic nitrogens is 7. The summed E-state index contributed by atoms with van der Waals surface area (Å²) in [7, 11) is 0. The molecule has 3 aromatic heterocycles. The fraction of sp³-hybridized carbons (Fsp3) is 0.464. The first-order valence-electron chi connectivity index (χ1n) is 13.1. The number of hydrogen-bond donors (Lipinski definition) is 1. The highest BCUT2D eigenvalue weighted by molar-refractivity contribution is 5.81. The van der Waals surface area contributed by atoms with Crippen molar-refractivity contribution in [3.63, 3.8) is 0 Å². The Bertz CT molecular complexity index is 1350. The first kappa shape index (κ1) is 24.2. The fourth-order valence-electron chi connectivity index (χ4n) is 5.79. The number of nitrogens with one attached hydrogen (secondary N) is 1. The van der Waals surface area contributed by atoms with Crippen molar-refractivity contribution in [1.29, 1.82) is 0 Å². The van der Waals surface area contributed by atoms with E-state index >= 15 is 0 Å². The molecule has 2 unspecified atom stereocenters. The Kier molecular flexibility index (Phi) is 7.11. The Morgan fingerprint density at radius 1 is 1.11 bits per heavy atom. The lowest BCUT2D eigenvalue weighted by Gasteiger charge is -2.23. The number of H-pyrrole nitrogens is 1. The molecule has 36 heavy (non-hydrogen) atoms. The summed E-state index contributed by atoms with van der Waals surface area (Å²) in [5.41, 5.74) is 5.16. The molecule has 0 radical (unpaired) electrons. The van der Waals surface area contributed by atoms with E-state index in [0.29, 0.717) is 24.2 Å². The summed E-state index contributed by atoms with van der Waals surface area (Å²) in [6.45, 7) is 7.24. The molecule has 0 spiro atoms. The first-order valence-corrected chi connectivity index (χ1v) is 13.1. The van der Waals surface area contributed by atoms with Crippen molar-refractivity contribution in [3.8, 4) is 22.5 Å². The number of rotatable bonds is 9. The highest BCUT2D eigenvalue weighted by atomic mass is 16.1. The van der Waals surface area contributed by atoms with E-state index in [0.717, 1.165) is 53.6 Å². The Morgan fingerprint density at radius 3 is 2.69 bits per heavy atom. The SMILES string of the molecule is CCCCc1cn(C2CCCC2C(C)C)c(=O)n1Cc1cnccc1-c1ccccc1-c1nnn[nH]1. The first-order chi connectivity index (χ1) is 17.6. The molecule has 5 rings (SSSR count). The van der Waals surface area contributed by atoms with Crippen molar-refractivity contribution in [3.05, 3.63) is 70.7 Å². The smallest absolute Gasteiger partial charge is 0.296 e. The molecule has 0 bridgehead atoms. The van der Waals surface area contributed by atoms with Crippen LogP contribution in [0.2, 0.25) is 0 Å². The van der Waals surface area contributed by atoms with E-state index in [1.54, 1.807) is 6.20 Å². The normalized spacial score (nSPS) is 17.8. The van der Waals surface area contributed by atoms with Crippen LogP contribution < -0.4 is 5.69 Å². The fourth-order valence-corrected chi connectivity index (χ4v) is 5.79. The number of benzene rings is 1.